The summed E-state index contributed by atoms with van der Waals surface area (Å²) in [7, 11) is -4.16. The molecule has 1 aromatic heterocycles. The summed E-state index contributed by atoms with van der Waals surface area (Å²) in [6, 6.07) is 12.6. The van der Waals surface area contributed by atoms with E-state index in [0.29, 0.717) is 37.9 Å². The average Bonchev–Trinajstić information content (AvgIpc) is 3.61. The van der Waals surface area contributed by atoms with Gasteiger partial charge in [0.2, 0.25) is 11.8 Å². The lowest BCUT2D eigenvalue weighted by Crippen LogP contribution is -2.56. The highest BCUT2D eigenvalue weighted by atomic mass is 32.2. The fourth-order valence-electron chi connectivity index (χ4n) is 4.64. The molecule has 206 valence electrons. The second kappa shape index (κ2) is 12.6. The van der Waals surface area contributed by atoms with Crippen LogP contribution >= 0.6 is 0 Å². The van der Waals surface area contributed by atoms with Crippen molar-refractivity contribution in [3.05, 3.63) is 83.9 Å². The van der Waals surface area contributed by atoms with Crippen LogP contribution in [-0.2, 0) is 32.5 Å². The van der Waals surface area contributed by atoms with Gasteiger partial charge in [-0.1, -0.05) is 48.5 Å². The van der Waals surface area contributed by atoms with E-state index in [2.05, 4.69) is 20.6 Å². The molecule has 3 aromatic rings. The third-order valence-electron chi connectivity index (χ3n) is 6.58. The van der Waals surface area contributed by atoms with E-state index in [1.54, 1.807) is 37.6 Å². The number of carbonyl (C=O) groups excluding carboxylic acids is 3. The van der Waals surface area contributed by atoms with Gasteiger partial charge in [-0.3, -0.25) is 9.59 Å². The number of benzene rings is 2. The molecule has 0 saturated carbocycles. The lowest BCUT2D eigenvalue weighted by molar-refractivity contribution is -0.139. The molecule has 2 heterocycles. The van der Waals surface area contributed by atoms with Crippen molar-refractivity contribution < 1.29 is 22.8 Å². The quantitative estimate of drug-likeness (QED) is 0.300. The predicted octanol–water partition coefficient (Wildman–Crippen LogP) is 1.67. The van der Waals surface area contributed by atoms with Gasteiger partial charge in [-0.15, -0.1) is 0 Å². The summed E-state index contributed by atoms with van der Waals surface area (Å²) in [6.07, 6.45) is 5.07. The Bertz CT molecular complexity index is 1400. The fraction of sp³-hybridized carbons (Fsp3) is 0.333. The topological polar surface area (TPSA) is 153 Å². The maximum Gasteiger partial charge on any atom is 0.329 e. The Labute approximate surface area is 227 Å². The Hall–Kier alpha value is -4.19. The van der Waals surface area contributed by atoms with Crippen LogP contribution in [0.1, 0.15) is 29.7 Å². The zero-order chi connectivity index (χ0) is 27.8. The average molecular weight is 553 g/mol. The molecule has 1 aliphatic heterocycles. The molecule has 0 unspecified atom stereocenters. The highest BCUT2D eigenvalue weighted by Crippen LogP contribution is 2.20. The Morgan fingerprint density at radius 1 is 1.10 bits per heavy atom. The van der Waals surface area contributed by atoms with Crippen LogP contribution in [0, 0.1) is 6.92 Å². The van der Waals surface area contributed by atoms with Crippen molar-refractivity contribution in [1.29, 1.82) is 0 Å². The van der Waals surface area contributed by atoms with E-state index in [1.165, 1.54) is 11.0 Å². The van der Waals surface area contributed by atoms with E-state index >= 15 is 0 Å². The molecule has 0 radical (unpaired) electrons. The second-order valence-electron chi connectivity index (χ2n) is 9.39. The maximum atomic E-state index is 13.7. The number of likely N-dealkylation sites (tertiary alicyclic amines) is 1. The Morgan fingerprint density at radius 3 is 2.56 bits per heavy atom. The number of nitrogens with one attached hydrogen (secondary N) is 4. The summed E-state index contributed by atoms with van der Waals surface area (Å²) in [4.78, 5) is 47.9. The molecular formula is C27H32N6O5S. The molecule has 2 atom stereocenters. The SMILES string of the molecule is Cc1ccccc1S(=O)(=O)NC(=O)N[C@@H](Cc1ccccc1)C(=O)N1CCC[C@H]1C(=O)NCCc1cnc[nH]1. The number of hydrogen-bond donors (Lipinski definition) is 4. The summed E-state index contributed by atoms with van der Waals surface area (Å²) in [5.41, 5.74) is 2.14. The van der Waals surface area contributed by atoms with Gasteiger partial charge in [-0.05, 0) is 37.0 Å². The molecule has 0 aliphatic carbocycles. The monoisotopic (exact) mass is 552 g/mol. The molecular weight excluding hydrogens is 520 g/mol. The van der Waals surface area contributed by atoms with Crippen LogP contribution in [0.5, 0.6) is 0 Å². The molecule has 2 aromatic carbocycles. The number of aromatic nitrogens is 2. The van der Waals surface area contributed by atoms with Crippen molar-refractivity contribution in [3.63, 3.8) is 0 Å². The Kier molecular flexibility index (Phi) is 8.97. The minimum Gasteiger partial charge on any atom is -0.354 e. The van der Waals surface area contributed by atoms with E-state index in [1.807, 2.05) is 35.1 Å². The number of carbonyl (C=O) groups is 3. The number of urea groups is 1. The van der Waals surface area contributed by atoms with Crippen molar-refractivity contribution in [2.75, 3.05) is 13.1 Å². The first-order chi connectivity index (χ1) is 18.7. The summed E-state index contributed by atoms with van der Waals surface area (Å²) in [5.74, 6) is -0.723. The van der Waals surface area contributed by atoms with Gasteiger partial charge in [0.1, 0.15) is 12.1 Å². The van der Waals surface area contributed by atoms with Crippen molar-refractivity contribution in [1.82, 2.24) is 30.2 Å². The van der Waals surface area contributed by atoms with Crippen LogP contribution in [-0.4, -0.2) is 66.3 Å². The highest BCUT2D eigenvalue weighted by Gasteiger charge is 2.38. The molecule has 1 saturated heterocycles. The summed E-state index contributed by atoms with van der Waals surface area (Å²) in [6.45, 7) is 2.36. The Morgan fingerprint density at radius 2 is 1.85 bits per heavy atom. The van der Waals surface area contributed by atoms with Crippen molar-refractivity contribution in [2.24, 2.45) is 0 Å². The first kappa shape index (κ1) is 27.8. The molecule has 11 nitrogen and oxygen atoms in total. The third-order valence-corrected chi connectivity index (χ3v) is 8.07. The first-order valence-corrected chi connectivity index (χ1v) is 14.2. The van der Waals surface area contributed by atoms with E-state index in [-0.39, 0.29) is 17.2 Å². The zero-order valence-electron chi connectivity index (χ0n) is 21.6. The third kappa shape index (κ3) is 7.23. The van der Waals surface area contributed by atoms with Crippen LogP contribution in [0.15, 0.2) is 72.0 Å². The molecule has 12 heteroatoms. The second-order valence-corrected chi connectivity index (χ2v) is 11.0. The summed E-state index contributed by atoms with van der Waals surface area (Å²) < 4.78 is 27.7. The standard InChI is InChI=1S/C27H32N6O5S/c1-19-8-5-6-12-24(19)39(37,38)32-27(36)31-22(16-20-9-3-2-4-10-20)26(35)33-15-7-11-23(33)25(34)29-14-13-21-17-28-18-30-21/h2-6,8-10,12,17-18,22-23H,7,11,13-16H2,1H3,(H,28,30)(H,29,34)(H2,31,32,36)/t22-,23-/m0/s1. The molecule has 1 aliphatic rings. The molecule has 4 rings (SSSR count). The number of H-pyrrole nitrogens is 1. The lowest BCUT2D eigenvalue weighted by Gasteiger charge is -2.29. The van der Waals surface area contributed by atoms with Crippen LogP contribution in [0.25, 0.3) is 0 Å². The largest absolute Gasteiger partial charge is 0.354 e. The molecule has 1 fully saturated rings. The molecule has 4 amide bonds. The van der Waals surface area contributed by atoms with Gasteiger partial charge < -0.3 is 20.5 Å². The fourth-order valence-corrected chi connectivity index (χ4v) is 5.80. The molecule has 0 bridgehead atoms. The Balaban J connectivity index is 1.46. The van der Waals surface area contributed by atoms with E-state index < -0.39 is 34.0 Å². The van der Waals surface area contributed by atoms with Crippen LogP contribution in [0.4, 0.5) is 4.79 Å². The number of aromatic amines is 1. The molecule has 39 heavy (non-hydrogen) atoms. The zero-order valence-corrected chi connectivity index (χ0v) is 22.4. The van der Waals surface area contributed by atoms with Gasteiger partial charge in [0, 0.05) is 37.8 Å². The van der Waals surface area contributed by atoms with Crippen molar-refractivity contribution >= 4 is 27.9 Å². The van der Waals surface area contributed by atoms with E-state index in [4.69, 9.17) is 0 Å². The number of rotatable bonds is 10. The van der Waals surface area contributed by atoms with E-state index in [9.17, 15) is 22.8 Å². The van der Waals surface area contributed by atoms with Crippen LogP contribution in [0.3, 0.4) is 0 Å². The maximum absolute atomic E-state index is 13.7. The van der Waals surface area contributed by atoms with Crippen molar-refractivity contribution in [3.8, 4) is 0 Å². The first-order valence-electron chi connectivity index (χ1n) is 12.7. The van der Waals surface area contributed by atoms with Gasteiger partial charge in [-0.25, -0.2) is 22.9 Å². The van der Waals surface area contributed by atoms with Gasteiger partial charge in [-0.2, -0.15) is 0 Å². The number of hydrogen-bond acceptors (Lipinski definition) is 6. The van der Waals surface area contributed by atoms with Crippen molar-refractivity contribution in [2.45, 2.75) is 49.6 Å². The minimum absolute atomic E-state index is 0.0301. The number of amides is 4. The highest BCUT2D eigenvalue weighted by molar-refractivity contribution is 7.90. The summed E-state index contributed by atoms with van der Waals surface area (Å²) >= 11 is 0. The van der Waals surface area contributed by atoms with E-state index in [0.717, 1.165) is 11.3 Å². The molecule has 0 spiro atoms. The van der Waals surface area contributed by atoms with Gasteiger partial charge in [0.25, 0.3) is 10.0 Å². The number of imidazole rings is 1. The number of nitrogens with zero attached hydrogens (tertiary/aromatic N) is 2. The van der Waals surface area contributed by atoms with Gasteiger partial charge >= 0.3 is 6.03 Å². The van der Waals surface area contributed by atoms with Crippen LogP contribution < -0.4 is 15.4 Å². The van der Waals surface area contributed by atoms with Gasteiger partial charge in [0.05, 0.1) is 11.2 Å². The number of aryl methyl sites for hydroxylation is 1. The lowest BCUT2D eigenvalue weighted by atomic mass is 10.0. The smallest absolute Gasteiger partial charge is 0.329 e. The number of sulfonamides is 1. The van der Waals surface area contributed by atoms with Gasteiger partial charge in [0.15, 0.2) is 0 Å². The normalized spacial score (nSPS) is 15.9. The summed E-state index contributed by atoms with van der Waals surface area (Å²) in [5, 5.41) is 5.42. The predicted molar refractivity (Wildman–Crippen MR) is 144 cm³/mol. The molecule has 4 N–H and O–H groups in total. The van der Waals surface area contributed by atoms with Crippen LogP contribution in [0.2, 0.25) is 0 Å². The minimum atomic E-state index is -4.16.